The molecule has 0 aliphatic carbocycles. The summed E-state index contributed by atoms with van der Waals surface area (Å²) in [7, 11) is -3.42. The Morgan fingerprint density at radius 3 is 2.52 bits per heavy atom. The van der Waals surface area contributed by atoms with Crippen LogP contribution in [0.5, 0.6) is 0 Å². The second kappa shape index (κ2) is 8.36. The Kier molecular flexibility index (Phi) is 6.45. The van der Waals surface area contributed by atoms with Crippen LogP contribution in [0.3, 0.4) is 0 Å². The zero-order valence-electron chi connectivity index (χ0n) is 14.2. The van der Waals surface area contributed by atoms with E-state index in [0.29, 0.717) is 22.8 Å². The summed E-state index contributed by atoms with van der Waals surface area (Å²) >= 11 is 6.01. The van der Waals surface area contributed by atoms with Gasteiger partial charge in [0.1, 0.15) is 0 Å². The fraction of sp³-hybridized carbons (Fsp3) is 0.278. The van der Waals surface area contributed by atoms with Crippen LogP contribution in [0.25, 0.3) is 0 Å². The molecule has 2 aromatic carbocycles. The van der Waals surface area contributed by atoms with Crippen molar-refractivity contribution in [1.82, 2.24) is 0 Å². The molecule has 1 amide bonds. The lowest BCUT2D eigenvalue weighted by Gasteiger charge is -2.22. The van der Waals surface area contributed by atoms with Gasteiger partial charge < -0.3 is 5.32 Å². The molecule has 1 N–H and O–H groups in total. The number of sulfonamides is 1. The molecule has 2 rings (SSSR count). The van der Waals surface area contributed by atoms with Crippen LogP contribution in [-0.2, 0) is 14.8 Å². The number of para-hydroxylation sites is 1. The van der Waals surface area contributed by atoms with Crippen LogP contribution >= 0.6 is 11.6 Å². The lowest BCUT2D eigenvalue weighted by Crippen LogP contribution is -2.31. The summed E-state index contributed by atoms with van der Waals surface area (Å²) < 4.78 is 25.4. The van der Waals surface area contributed by atoms with Crippen LogP contribution in [0, 0.1) is 6.92 Å². The van der Waals surface area contributed by atoms with Gasteiger partial charge in [0.15, 0.2) is 0 Å². The molecular formula is C18H21ClN2O3S. The zero-order chi connectivity index (χ0) is 18.4. The van der Waals surface area contributed by atoms with E-state index in [2.05, 4.69) is 5.32 Å². The summed E-state index contributed by atoms with van der Waals surface area (Å²) in [6.07, 6.45) is 1.76. The average molecular weight is 381 g/mol. The molecule has 25 heavy (non-hydrogen) atoms. The Hall–Kier alpha value is -2.05. The van der Waals surface area contributed by atoms with E-state index in [-0.39, 0.29) is 18.9 Å². The summed E-state index contributed by atoms with van der Waals surface area (Å²) in [5, 5.41) is 3.20. The van der Waals surface area contributed by atoms with Gasteiger partial charge in [-0.15, -0.1) is 0 Å². The molecule has 0 saturated heterocycles. The number of aryl methyl sites for hydroxylation is 1. The Bertz CT molecular complexity index is 853. The number of hydrogen-bond donors (Lipinski definition) is 1. The zero-order valence-corrected chi connectivity index (χ0v) is 15.8. The number of hydrogen-bond acceptors (Lipinski definition) is 3. The minimum Gasteiger partial charge on any atom is -0.325 e. The Morgan fingerprint density at radius 2 is 1.88 bits per heavy atom. The highest BCUT2D eigenvalue weighted by molar-refractivity contribution is 7.92. The minimum absolute atomic E-state index is 0.197. The number of amides is 1. The molecule has 0 aliphatic heterocycles. The van der Waals surface area contributed by atoms with Crippen LogP contribution in [0.1, 0.15) is 18.4 Å². The van der Waals surface area contributed by atoms with Crippen molar-refractivity contribution in [2.24, 2.45) is 0 Å². The largest absolute Gasteiger partial charge is 0.325 e. The fourth-order valence-electron chi connectivity index (χ4n) is 2.43. The maximum absolute atomic E-state index is 12.1. The molecule has 0 spiro atoms. The summed E-state index contributed by atoms with van der Waals surface area (Å²) in [4.78, 5) is 12.0. The summed E-state index contributed by atoms with van der Waals surface area (Å²) in [6, 6.07) is 14.3. The Balaban J connectivity index is 1.97. The second-order valence-electron chi connectivity index (χ2n) is 5.81. The fourth-order valence-corrected chi connectivity index (χ4v) is 3.57. The first-order valence-corrected chi connectivity index (χ1v) is 10.1. The van der Waals surface area contributed by atoms with Gasteiger partial charge in [-0.25, -0.2) is 8.42 Å². The van der Waals surface area contributed by atoms with Crippen LogP contribution in [0.2, 0.25) is 5.02 Å². The van der Waals surface area contributed by atoms with Gasteiger partial charge in [-0.3, -0.25) is 9.10 Å². The lowest BCUT2D eigenvalue weighted by atomic mass is 10.2. The van der Waals surface area contributed by atoms with Gasteiger partial charge in [0, 0.05) is 13.0 Å². The molecular weight excluding hydrogens is 360 g/mol. The van der Waals surface area contributed by atoms with E-state index in [0.717, 1.165) is 5.56 Å². The third kappa shape index (κ3) is 5.76. The summed E-state index contributed by atoms with van der Waals surface area (Å²) in [5.41, 5.74) is 2.13. The van der Waals surface area contributed by atoms with Crippen molar-refractivity contribution in [3.05, 3.63) is 59.1 Å². The molecule has 0 atom stereocenters. The minimum atomic E-state index is -3.42. The maximum Gasteiger partial charge on any atom is 0.232 e. The van der Waals surface area contributed by atoms with Gasteiger partial charge in [0.05, 0.1) is 22.7 Å². The van der Waals surface area contributed by atoms with E-state index in [9.17, 15) is 13.2 Å². The van der Waals surface area contributed by atoms with Crippen molar-refractivity contribution >= 4 is 38.9 Å². The highest BCUT2D eigenvalue weighted by atomic mass is 35.5. The van der Waals surface area contributed by atoms with Gasteiger partial charge in [-0.2, -0.15) is 0 Å². The Labute approximate surface area is 153 Å². The van der Waals surface area contributed by atoms with Gasteiger partial charge in [-0.05, 0) is 43.2 Å². The highest BCUT2D eigenvalue weighted by Gasteiger charge is 2.17. The quantitative estimate of drug-likeness (QED) is 0.793. The van der Waals surface area contributed by atoms with Crippen LogP contribution in [0.15, 0.2) is 48.5 Å². The van der Waals surface area contributed by atoms with Crippen LogP contribution in [0.4, 0.5) is 11.4 Å². The lowest BCUT2D eigenvalue weighted by molar-refractivity contribution is -0.116. The number of carbonyl (C=O) groups is 1. The maximum atomic E-state index is 12.1. The van der Waals surface area contributed by atoms with Crippen molar-refractivity contribution in [3.8, 4) is 0 Å². The first-order valence-electron chi connectivity index (χ1n) is 7.86. The van der Waals surface area contributed by atoms with Crippen LogP contribution < -0.4 is 9.62 Å². The normalized spacial score (nSPS) is 11.2. The SMILES string of the molecule is Cc1cccc(N(CCCC(=O)Nc2ccccc2Cl)S(C)(=O)=O)c1. The van der Waals surface area contributed by atoms with E-state index in [1.807, 2.05) is 25.1 Å². The standard InChI is InChI=1S/C18H21ClN2O3S/c1-14-7-5-8-15(13-14)21(25(2,23)24)12-6-11-18(22)20-17-10-4-3-9-16(17)19/h3-5,7-10,13H,6,11-12H2,1-2H3,(H,20,22). The number of halogens is 1. The van der Waals surface area contributed by atoms with E-state index in [1.165, 1.54) is 10.6 Å². The predicted octanol–water partition coefficient (Wildman–Crippen LogP) is 3.83. The summed E-state index contributed by atoms with van der Waals surface area (Å²) in [6.45, 7) is 2.14. The number of carbonyl (C=O) groups excluding carboxylic acids is 1. The molecule has 0 heterocycles. The van der Waals surface area contributed by atoms with Crippen LogP contribution in [-0.4, -0.2) is 27.1 Å². The molecule has 7 heteroatoms. The molecule has 0 aliphatic rings. The van der Waals surface area contributed by atoms with Crippen molar-refractivity contribution in [1.29, 1.82) is 0 Å². The van der Waals surface area contributed by atoms with E-state index in [1.54, 1.807) is 30.3 Å². The van der Waals surface area contributed by atoms with Crippen molar-refractivity contribution in [3.63, 3.8) is 0 Å². The molecule has 0 unspecified atom stereocenters. The number of nitrogens with zero attached hydrogens (tertiary/aromatic N) is 1. The van der Waals surface area contributed by atoms with Gasteiger partial charge >= 0.3 is 0 Å². The van der Waals surface area contributed by atoms with Gasteiger partial charge in [0.2, 0.25) is 15.9 Å². The number of rotatable bonds is 7. The van der Waals surface area contributed by atoms with E-state index in [4.69, 9.17) is 11.6 Å². The molecule has 0 aromatic heterocycles. The third-order valence-corrected chi connectivity index (χ3v) is 5.13. The third-order valence-electron chi connectivity index (χ3n) is 3.60. The first-order chi connectivity index (χ1) is 11.8. The van der Waals surface area contributed by atoms with E-state index >= 15 is 0 Å². The molecule has 5 nitrogen and oxygen atoms in total. The van der Waals surface area contributed by atoms with Crippen molar-refractivity contribution < 1.29 is 13.2 Å². The van der Waals surface area contributed by atoms with E-state index < -0.39 is 10.0 Å². The van der Waals surface area contributed by atoms with Crippen molar-refractivity contribution in [2.45, 2.75) is 19.8 Å². The molecule has 0 radical (unpaired) electrons. The second-order valence-corrected chi connectivity index (χ2v) is 8.12. The highest BCUT2D eigenvalue weighted by Crippen LogP contribution is 2.22. The van der Waals surface area contributed by atoms with Gasteiger partial charge in [0.25, 0.3) is 0 Å². The monoisotopic (exact) mass is 380 g/mol. The molecule has 0 bridgehead atoms. The van der Waals surface area contributed by atoms with Gasteiger partial charge in [-0.1, -0.05) is 35.9 Å². The molecule has 0 saturated carbocycles. The molecule has 0 fully saturated rings. The first kappa shape index (κ1) is 19.3. The Morgan fingerprint density at radius 1 is 1.16 bits per heavy atom. The van der Waals surface area contributed by atoms with Crippen molar-refractivity contribution in [2.75, 3.05) is 22.4 Å². The molecule has 2 aromatic rings. The number of anilines is 2. The molecule has 134 valence electrons. The number of benzene rings is 2. The topological polar surface area (TPSA) is 66.5 Å². The smallest absolute Gasteiger partial charge is 0.232 e. The number of nitrogens with one attached hydrogen (secondary N) is 1. The summed E-state index contributed by atoms with van der Waals surface area (Å²) in [5.74, 6) is -0.203. The average Bonchev–Trinajstić information content (AvgIpc) is 2.52. The predicted molar refractivity (Wildman–Crippen MR) is 103 cm³/mol.